The first kappa shape index (κ1) is 13.9. The molecule has 1 aliphatic heterocycles. The van der Waals surface area contributed by atoms with E-state index < -0.39 is 30.0 Å². The standard InChI is InChI=1S/C11H22O5/c1-6(2)4-11(3)10(15)9(14)8(13)7(5-12)16-11/h6-10,12-15H,4-5H2,1-3H3. The molecule has 96 valence electrons. The quantitative estimate of drug-likeness (QED) is 0.516. The van der Waals surface area contributed by atoms with Gasteiger partial charge in [0.05, 0.1) is 12.2 Å². The van der Waals surface area contributed by atoms with Crippen molar-refractivity contribution in [3.05, 3.63) is 0 Å². The molecule has 1 fully saturated rings. The van der Waals surface area contributed by atoms with Gasteiger partial charge in [0.1, 0.15) is 24.4 Å². The smallest absolute Gasteiger partial charge is 0.111 e. The molecule has 1 heterocycles. The maximum Gasteiger partial charge on any atom is 0.111 e. The van der Waals surface area contributed by atoms with Crippen LogP contribution in [0.5, 0.6) is 0 Å². The highest BCUT2D eigenvalue weighted by molar-refractivity contribution is 4.99. The van der Waals surface area contributed by atoms with Crippen LogP contribution in [-0.4, -0.2) is 57.0 Å². The van der Waals surface area contributed by atoms with Crippen LogP contribution in [0.2, 0.25) is 0 Å². The van der Waals surface area contributed by atoms with Gasteiger partial charge in [-0.2, -0.15) is 0 Å². The Morgan fingerprint density at radius 2 is 1.75 bits per heavy atom. The first-order chi connectivity index (χ1) is 7.31. The fraction of sp³-hybridized carbons (Fsp3) is 1.00. The molecular formula is C11H22O5. The highest BCUT2D eigenvalue weighted by Crippen LogP contribution is 2.34. The highest BCUT2D eigenvalue weighted by atomic mass is 16.6. The van der Waals surface area contributed by atoms with E-state index >= 15 is 0 Å². The molecule has 0 amide bonds. The molecular weight excluding hydrogens is 212 g/mol. The van der Waals surface area contributed by atoms with Crippen molar-refractivity contribution in [2.45, 2.75) is 57.2 Å². The lowest BCUT2D eigenvalue weighted by Crippen LogP contribution is -2.64. The lowest BCUT2D eigenvalue weighted by Gasteiger charge is -2.47. The van der Waals surface area contributed by atoms with Gasteiger partial charge in [0.2, 0.25) is 0 Å². The van der Waals surface area contributed by atoms with Crippen molar-refractivity contribution in [1.82, 2.24) is 0 Å². The minimum Gasteiger partial charge on any atom is -0.394 e. The third-order valence-corrected chi connectivity index (χ3v) is 3.09. The fourth-order valence-electron chi connectivity index (χ4n) is 2.38. The van der Waals surface area contributed by atoms with Gasteiger partial charge in [-0.15, -0.1) is 0 Å². The lowest BCUT2D eigenvalue weighted by atomic mass is 9.81. The number of aliphatic hydroxyl groups excluding tert-OH is 4. The second-order valence-electron chi connectivity index (χ2n) is 5.18. The summed E-state index contributed by atoms with van der Waals surface area (Å²) in [5, 5.41) is 38.3. The minimum absolute atomic E-state index is 0.279. The molecule has 4 N–H and O–H groups in total. The van der Waals surface area contributed by atoms with Crippen LogP contribution in [-0.2, 0) is 4.74 Å². The fourth-order valence-corrected chi connectivity index (χ4v) is 2.38. The van der Waals surface area contributed by atoms with Crippen molar-refractivity contribution in [3.63, 3.8) is 0 Å². The Morgan fingerprint density at radius 3 is 2.19 bits per heavy atom. The molecule has 0 bridgehead atoms. The SMILES string of the molecule is CC(C)CC1(C)OC(CO)C(O)C(O)C1O. The Hall–Kier alpha value is -0.200. The molecule has 16 heavy (non-hydrogen) atoms. The molecule has 0 aromatic heterocycles. The summed E-state index contributed by atoms with van der Waals surface area (Å²) in [6, 6.07) is 0. The van der Waals surface area contributed by atoms with Crippen LogP contribution in [0.1, 0.15) is 27.2 Å². The van der Waals surface area contributed by atoms with Crippen LogP contribution in [0, 0.1) is 5.92 Å². The van der Waals surface area contributed by atoms with Gasteiger partial charge in [0.15, 0.2) is 0 Å². The average Bonchev–Trinajstić information content (AvgIpc) is 2.20. The largest absolute Gasteiger partial charge is 0.394 e. The molecule has 0 aromatic rings. The Labute approximate surface area is 95.7 Å². The van der Waals surface area contributed by atoms with Crippen LogP contribution < -0.4 is 0 Å². The van der Waals surface area contributed by atoms with Crippen LogP contribution >= 0.6 is 0 Å². The van der Waals surface area contributed by atoms with Crippen molar-refractivity contribution in [2.24, 2.45) is 5.92 Å². The molecule has 1 saturated heterocycles. The predicted octanol–water partition coefficient (Wildman–Crippen LogP) is -0.735. The summed E-state index contributed by atoms with van der Waals surface area (Å²) < 4.78 is 5.52. The molecule has 0 aliphatic carbocycles. The summed E-state index contributed by atoms with van der Waals surface area (Å²) in [7, 11) is 0. The lowest BCUT2D eigenvalue weighted by molar-refractivity contribution is -0.272. The summed E-state index contributed by atoms with van der Waals surface area (Å²) in [6.07, 6.45) is -3.97. The number of rotatable bonds is 3. The second-order valence-corrected chi connectivity index (χ2v) is 5.18. The normalized spacial score (nSPS) is 45.0. The van der Waals surface area contributed by atoms with E-state index in [0.717, 1.165) is 0 Å². The van der Waals surface area contributed by atoms with Gasteiger partial charge >= 0.3 is 0 Å². The van der Waals surface area contributed by atoms with Crippen LogP contribution in [0.15, 0.2) is 0 Å². The van der Waals surface area contributed by atoms with E-state index in [2.05, 4.69) is 0 Å². The monoisotopic (exact) mass is 234 g/mol. The van der Waals surface area contributed by atoms with Crippen molar-refractivity contribution < 1.29 is 25.2 Å². The molecule has 5 nitrogen and oxygen atoms in total. The Kier molecular flexibility index (Phi) is 4.31. The molecule has 0 saturated carbocycles. The molecule has 5 atom stereocenters. The van der Waals surface area contributed by atoms with Gasteiger partial charge in [-0.05, 0) is 19.3 Å². The molecule has 1 rings (SSSR count). The van der Waals surface area contributed by atoms with E-state index in [0.29, 0.717) is 6.42 Å². The molecule has 0 radical (unpaired) electrons. The zero-order valence-electron chi connectivity index (χ0n) is 10.00. The maximum absolute atomic E-state index is 9.91. The number of aliphatic hydroxyl groups is 4. The molecule has 0 spiro atoms. The highest BCUT2D eigenvalue weighted by Gasteiger charge is 2.50. The van der Waals surface area contributed by atoms with Gasteiger partial charge in [0.25, 0.3) is 0 Å². The summed E-state index contributed by atoms with van der Waals surface area (Å²) in [5.74, 6) is 0.279. The minimum atomic E-state index is -1.28. The molecule has 1 aliphatic rings. The number of hydrogen-bond acceptors (Lipinski definition) is 5. The molecule has 5 heteroatoms. The summed E-state index contributed by atoms with van der Waals surface area (Å²) in [4.78, 5) is 0. The Bertz CT molecular complexity index is 230. The maximum atomic E-state index is 9.91. The predicted molar refractivity (Wildman–Crippen MR) is 57.8 cm³/mol. The number of hydrogen-bond donors (Lipinski definition) is 4. The van der Waals surface area contributed by atoms with Gasteiger partial charge in [0, 0.05) is 0 Å². The Balaban J connectivity index is 2.85. The second kappa shape index (κ2) is 4.98. The van der Waals surface area contributed by atoms with Crippen molar-refractivity contribution in [2.75, 3.05) is 6.61 Å². The van der Waals surface area contributed by atoms with E-state index in [1.165, 1.54) is 0 Å². The van der Waals surface area contributed by atoms with Gasteiger partial charge in [-0.1, -0.05) is 13.8 Å². The van der Waals surface area contributed by atoms with Crippen LogP contribution in [0.4, 0.5) is 0 Å². The summed E-state index contributed by atoms with van der Waals surface area (Å²) in [5.41, 5.74) is -0.930. The first-order valence-corrected chi connectivity index (χ1v) is 5.64. The third-order valence-electron chi connectivity index (χ3n) is 3.09. The van der Waals surface area contributed by atoms with Crippen molar-refractivity contribution >= 4 is 0 Å². The van der Waals surface area contributed by atoms with Gasteiger partial charge < -0.3 is 25.2 Å². The summed E-state index contributed by atoms with van der Waals surface area (Å²) >= 11 is 0. The van der Waals surface area contributed by atoms with Gasteiger partial charge in [-0.25, -0.2) is 0 Å². The molecule has 0 aromatic carbocycles. The first-order valence-electron chi connectivity index (χ1n) is 5.64. The topological polar surface area (TPSA) is 90.2 Å². The number of ether oxygens (including phenoxy) is 1. The average molecular weight is 234 g/mol. The van der Waals surface area contributed by atoms with E-state index in [1.54, 1.807) is 6.92 Å². The third kappa shape index (κ3) is 2.55. The van der Waals surface area contributed by atoms with E-state index in [1.807, 2.05) is 13.8 Å². The van der Waals surface area contributed by atoms with Crippen LogP contribution in [0.3, 0.4) is 0 Å². The van der Waals surface area contributed by atoms with E-state index in [-0.39, 0.29) is 12.5 Å². The summed E-state index contributed by atoms with van der Waals surface area (Å²) in [6.45, 7) is 5.27. The van der Waals surface area contributed by atoms with E-state index in [9.17, 15) is 15.3 Å². The Morgan fingerprint density at radius 1 is 1.19 bits per heavy atom. The zero-order valence-corrected chi connectivity index (χ0v) is 10.00. The van der Waals surface area contributed by atoms with Crippen LogP contribution in [0.25, 0.3) is 0 Å². The van der Waals surface area contributed by atoms with Crippen molar-refractivity contribution in [3.8, 4) is 0 Å². The zero-order chi connectivity index (χ0) is 12.5. The molecule has 5 unspecified atom stereocenters. The van der Waals surface area contributed by atoms with Crippen molar-refractivity contribution in [1.29, 1.82) is 0 Å². The van der Waals surface area contributed by atoms with Gasteiger partial charge in [-0.3, -0.25) is 0 Å². The van der Waals surface area contributed by atoms with E-state index in [4.69, 9.17) is 9.84 Å².